The minimum Gasteiger partial charge on any atom is -0.507 e. The van der Waals surface area contributed by atoms with Gasteiger partial charge in [0.1, 0.15) is 65.0 Å². The van der Waals surface area contributed by atoms with Gasteiger partial charge in [0.25, 0.3) is 0 Å². The van der Waals surface area contributed by atoms with Crippen molar-refractivity contribution < 1.29 is 90.0 Å². The van der Waals surface area contributed by atoms with Crippen LogP contribution in [-0.4, -0.2) is 94.8 Å². The number of rotatable bonds is 37. The first-order valence-electron chi connectivity index (χ1n) is 36.1. The standard InChI is InChI=1S/C23H32O6S.C23H30O5.C21H26O5.C19H24O3.8CH4/c1-6-18(3)19-7-9-22(10-8-19)29-30(24,25)12-11-28-23-20(15-26-4)13-17(2)14-21(23)16-27-5;1-6-17(3)18-7-9-21(10-8-18)28-22(24)15-27-23-19(13-25-4)11-16(2)12-20(23)14-26-5;1-3-15(2)16-7-9-19(10-8-16)25-12-11-20(24)26-21-17(13-22)5-4-6-18(21)14-23;1-4-14(3)15-5-7-18(8-6-15)22-12-17-10-13(2)9-16(11-20)19(17)21;;;;;;;;/h7-10,13-14,18H,6,11-12,15-16H2,1-5H3;7-12,17H,6,13-15H2,1-5H3;4-10,15,22-23H,3,11-14H2,1-2H3;5-10,14,20-21H,4,11-12H2,1-3H3;8*1H4. The van der Waals surface area contributed by atoms with Crippen molar-refractivity contribution in [3.63, 3.8) is 0 Å². The smallest absolute Gasteiger partial charge is 0.349 e. The molecule has 114 heavy (non-hydrogen) atoms. The number of aryl methyl sites for hydroxylation is 3. The number of phenols is 1. The molecule has 0 aromatic heterocycles. The van der Waals surface area contributed by atoms with E-state index in [1.54, 1.807) is 64.8 Å². The van der Waals surface area contributed by atoms with Gasteiger partial charge in [-0.1, -0.05) is 229 Å². The number of aliphatic hydroxyl groups excluding tert-OH is 3. The number of para-hydroxylation sites is 1. The number of aliphatic hydroxyl groups is 3. The first kappa shape index (κ1) is 111. The Balaban J connectivity index is -0.000000695. The molecule has 0 spiro atoms. The Morgan fingerprint density at radius 2 is 0.702 bits per heavy atom. The first-order valence-corrected chi connectivity index (χ1v) is 37.7. The van der Waals surface area contributed by atoms with E-state index in [0.29, 0.717) is 101 Å². The fourth-order valence-electron chi connectivity index (χ4n) is 11.2. The van der Waals surface area contributed by atoms with E-state index in [2.05, 4.69) is 67.5 Å². The second kappa shape index (κ2) is 58.9. The molecule has 4 unspecified atom stereocenters. The number of benzene rings is 8. The van der Waals surface area contributed by atoms with Crippen LogP contribution in [-0.2, 0) is 91.5 Å². The SMILES string of the molecule is C.C.C.C.C.C.C.C.CCC(C)c1ccc(OC(=O)COc2c(COC)cc(C)cc2COC)cc1.CCC(C)c1ccc(OCCC(=O)Oc2c(CO)cccc2CO)cc1.CCC(C)c1ccc(OCc2cc(C)cc(CO)c2O)cc1.CCC(C)c1ccc(OS(=O)(=O)CCOc2c(COC)cc(C)cc2COC)cc1. The maximum atomic E-state index is 12.4. The topological polar surface area (TPSA) is 251 Å². The lowest BCUT2D eigenvalue weighted by Crippen LogP contribution is -2.20. The fraction of sp³-hybridized carbons (Fsp3) is 0.468. The lowest BCUT2D eigenvalue weighted by molar-refractivity contribution is -0.137. The van der Waals surface area contributed by atoms with Crippen molar-refractivity contribution in [1.82, 2.24) is 0 Å². The normalized spacial score (nSPS) is 11.3. The molecule has 4 N–H and O–H groups in total. The van der Waals surface area contributed by atoms with Crippen LogP contribution in [0.15, 0.2) is 152 Å². The van der Waals surface area contributed by atoms with E-state index in [1.807, 2.05) is 124 Å². The number of carbonyl (C=O) groups excluding carboxylic acids is 2. The van der Waals surface area contributed by atoms with Crippen molar-refractivity contribution >= 4 is 22.1 Å². The quantitative estimate of drug-likeness (QED) is 0.0160. The molecule has 0 aliphatic carbocycles. The molecule has 8 aromatic rings. The summed E-state index contributed by atoms with van der Waals surface area (Å²) in [5, 5.41) is 38.1. The molecule has 0 amide bonds. The van der Waals surface area contributed by atoms with E-state index in [4.69, 9.17) is 51.6 Å². The maximum absolute atomic E-state index is 12.4. The predicted octanol–water partition coefficient (Wildman–Crippen LogP) is 22.3. The summed E-state index contributed by atoms with van der Waals surface area (Å²) < 4.78 is 84.8. The van der Waals surface area contributed by atoms with Crippen LogP contribution in [0.5, 0.6) is 46.0 Å². The van der Waals surface area contributed by atoms with E-state index in [1.165, 1.54) is 16.7 Å². The Hall–Kier alpha value is -8.83. The second-order valence-corrected chi connectivity index (χ2v) is 27.9. The molecule has 4 atom stereocenters. The summed E-state index contributed by atoms with van der Waals surface area (Å²) in [5.74, 6) is 4.59. The average Bonchev–Trinajstić information content (AvgIpc) is 0.847. The number of carbonyl (C=O) groups is 2. The van der Waals surface area contributed by atoms with Crippen molar-refractivity contribution in [3.05, 3.63) is 235 Å². The summed E-state index contributed by atoms with van der Waals surface area (Å²) in [6.07, 6.45) is 4.35. The molecule has 19 nitrogen and oxygen atoms in total. The van der Waals surface area contributed by atoms with Gasteiger partial charge in [-0.15, -0.1) is 0 Å². The van der Waals surface area contributed by atoms with Gasteiger partial charge >= 0.3 is 22.1 Å². The largest absolute Gasteiger partial charge is 0.507 e. The third-order valence-corrected chi connectivity index (χ3v) is 19.0. The molecule has 8 aromatic carbocycles. The summed E-state index contributed by atoms with van der Waals surface area (Å²) >= 11 is 0. The van der Waals surface area contributed by atoms with Gasteiger partial charge in [0.05, 0.1) is 59.3 Å². The minimum absolute atomic E-state index is 0. The highest BCUT2D eigenvalue weighted by atomic mass is 32.2. The van der Waals surface area contributed by atoms with Gasteiger partial charge in [-0.05, 0) is 147 Å². The van der Waals surface area contributed by atoms with Gasteiger partial charge in [0.15, 0.2) is 6.61 Å². The van der Waals surface area contributed by atoms with Crippen LogP contribution < -0.4 is 32.6 Å². The van der Waals surface area contributed by atoms with Crippen LogP contribution in [0.1, 0.15) is 254 Å². The van der Waals surface area contributed by atoms with Crippen molar-refractivity contribution in [2.75, 3.05) is 54.0 Å². The molecule has 0 saturated heterocycles. The van der Waals surface area contributed by atoms with Gasteiger partial charge in [0, 0.05) is 72.9 Å². The fourth-order valence-corrected chi connectivity index (χ4v) is 12.0. The summed E-state index contributed by atoms with van der Waals surface area (Å²) in [6.45, 7) is 24.2. The van der Waals surface area contributed by atoms with Crippen LogP contribution in [0.3, 0.4) is 0 Å². The average molecular weight is 1610 g/mol. The molecule has 0 radical (unpaired) electrons. The molecule has 8 rings (SSSR count). The summed E-state index contributed by atoms with van der Waals surface area (Å²) in [4.78, 5) is 24.3. The molecular weight excluding hydrogens is 1470 g/mol. The lowest BCUT2D eigenvalue weighted by Gasteiger charge is -2.17. The number of esters is 2. The molecule has 20 heteroatoms. The molecule has 640 valence electrons. The van der Waals surface area contributed by atoms with Crippen LogP contribution >= 0.6 is 0 Å². The zero-order valence-corrected chi connectivity index (χ0v) is 65.4. The highest BCUT2D eigenvalue weighted by Gasteiger charge is 2.20. The maximum Gasteiger partial charge on any atom is 0.349 e. The highest BCUT2D eigenvalue weighted by molar-refractivity contribution is 7.87. The number of aromatic hydroxyl groups is 1. The molecule has 0 saturated carbocycles. The van der Waals surface area contributed by atoms with Crippen LogP contribution in [0.4, 0.5) is 0 Å². The Bertz CT molecular complexity index is 3970. The van der Waals surface area contributed by atoms with Gasteiger partial charge < -0.3 is 72.0 Å². The third-order valence-electron chi connectivity index (χ3n) is 17.9. The molecule has 0 aliphatic heterocycles. The Morgan fingerprint density at radius 1 is 0.368 bits per heavy atom. The number of hydrogen-bond donors (Lipinski definition) is 4. The lowest BCUT2D eigenvalue weighted by atomic mass is 9.99. The zero-order valence-electron chi connectivity index (χ0n) is 64.6. The van der Waals surface area contributed by atoms with Gasteiger partial charge in [-0.2, -0.15) is 8.42 Å². The van der Waals surface area contributed by atoms with E-state index in [0.717, 1.165) is 75.9 Å². The van der Waals surface area contributed by atoms with Gasteiger partial charge in [0.2, 0.25) is 0 Å². The Labute approximate surface area is 687 Å². The summed E-state index contributed by atoms with van der Waals surface area (Å²) in [7, 11) is 2.67. The van der Waals surface area contributed by atoms with E-state index in [-0.39, 0.29) is 129 Å². The molecule has 0 heterocycles. The molecular formula is C94H144O19S. The van der Waals surface area contributed by atoms with Crippen LogP contribution in [0.2, 0.25) is 0 Å². The number of hydrogen-bond acceptors (Lipinski definition) is 19. The van der Waals surface area contributed by atoms with Crippen LogP contribution in [0, 0.1) is 20.8 Å². The van der Waals surface area contributed by atoms with E-state index >= 15 is 0 Å². The zero-order chi connectivity index (χ0) is 77.7. The van der Waals surface area contributed by atoms with E-state index in [9.17, 15) is 38.4 Å². The highest BCUT2D eigenvalue weighted by Crippen LogP contribution is 2.33. The Morgan fingerprint density at radius 3 is 1.06 bits per heavy atom. The first-order chi connectivity index (χ1) is 50.9. The molecule has 0 aliphatic rings. The monoisotopic (exact) mass is 1610 g/mol. The van der Waals surface area contributed by atoms with Crippen molar-refractivity contribution in [2.45, 2.75) is 244 Å². The van der Waals surface area contributed by atoms with Gasteiger partial charge in [-0.3, -0.25) is 4.79 Å². The minimum atomic E-state index is -3.79. The summed E-state index contributed by atoms with van der Waals surface area (Å²) in [6, 6.07) is 47.3. The van der Waals surface area contributed by atoms with Crippen LogP contribution in [0.25, 0.3) is 0 Å². The van der Waals surface area contributed by atoms with Gasteiger partial charge in [-0.25, -0.2) is 4.79 Å². The number of ether oxygens (including phenoxy) is 10. The number of methoxy groups -OCH3 is 4. The third kappa shape index (κ3) is 36.8. The molecule has 0 fully saturated rings. The molecule has 0 bridgehead atoms. The van der Waals surface area contributed by atoms with Crippen molar-refractivity contribution in [1.29, 1.82) is 0 Å². The Kier molecular flexibility index (Phi) is 57.6. The van der Waals surface area contributed by atoms with Crippen molar-refractivity contribution in [2.24, 2.45) is 0 Å². The second-order valence-electron chi connectivity index (χ2n) is 26.2. The predicted molar refractivity (Wildman–Crippen MR) is 468 cm³/mol. The van der Waals surface area contributed by atoms with E-state index < -0.39 is 22.1 Å². The summed E-state index contributed by atoms with van der Waals surface area (Å²) in [5.41, 5.74) is 13.7. The van der Waals surface area contributed by atoms with Crippen molar-refractivity contribution in [3.8, 4) is 46.0 Å².